The molecule has 1 aliphatic rings. The lowest BCUT2D eigenvalue weighted by Crippen LogP contribution is -2.43. The minimum absolute atomic E-state index is 0.163. The number of halogens is 1. The summed E-state index contributed by atoms with van der Waals surface area (Å²) in [6, 6.07) is 8.12. The third-order valence-electron chi connectivity index (χ3n) is 4.40. The summed E-state index contributed by atoms with van der Waals surface area (Å²) in [7, 11) is 0. The molecule has 2 nitrogen and oxygen atoms in total. The largest absolute Gasteiger partial charge is 0.489 e. The average Bonchev–Trinajstić information content (AvgIpc) is 2.96. The summed E-state index contributed by atoms with van der Waals surface area (Å²) in [5, 5.41) is 4.40. The summed E-state index contributed by atoms with van der Waals surface area (Å²) in [6.45, 7) is 5.44. The fourth-order valence-electron chi connectivity index (χ4n) is 3.21. The van der Waals surface area contributed by atoms with Crippen LogP contribution in [0.4, 0.5) is 0 Å². The van der Waals surface area contributed by atoms with Crippen LogP contribution in [-0.2, 0) is 0 Å². The number of benzene rings is 1. The van der Waals surface area contributed by atoms with Crippen molar-refractivity contribution < 1.29 is 4.74 Å². The van der Waals surface area contributed by atoms with Gasteiger partial charge in [0.1, 0.15) is 11.9 Å². The van der Waals surface area contributed by atoms with Crippen LogP contribution in [0.5, 0.6) is 5.75 Å². The lowest BCUT2D eigenvalue weighted by molar-refractivity contribution is 0.153. The Labute approximate surface area is 134 Å². The van der Waals surface area contributed by atoms with E-state index in [0.717, 1.165) is 29.7 Å². The minimum Gasteiger partial charge on any atom is -0.489 e. The smallest absolute Gasteiger partial charge is 0.121 e. The van der Waals surface area contributed by atoms with Crippen LogP contribution in [0.15, 0.2) is 24.3 Å². The fraction of sp³-hybridized carbons (Fsp3) is 0.667. The second-order valence-electron chi connectivity index (χ2n) is 6.23. The first kappa shape index (κ1) is 16.6. The zero-order chi connectivity index (χ0) is 15.1. The molecule has 2 rings (SSSR count). The minimum atomic E-state index is 0.163. The van der Waals surface area contributed by atoms with E-state index in [1.807, 2.05) is 24.3 Å². The second-order valence-corrected chi connectivity index (χ2v) is 6.66. The van der Waals surface area contributed by atoms with Crippen molar-refractivity contribution in [2.75, 3.05) is 6.54 Å². The summed E-state index contributed by atoms with van der Waals surface area (Å²) in [5.41, 5.74) is 0. The molecule has 0 bridgehead atoms. The van der Waals surface area contributed by atoms with Crippen molar-refractivity contribution >= 4 is 11.6 Å². The number of ether oxygens (including phenoxy) is 1. The topological polar surface area (TPSA) is 21.3 Å². The number of nitrogens with one attached hydrogen (secondary N) is 1. The van der Waals surface area contributed by atoms with E-state index in [4.69, 9.17) is 16.3 Å². The monoisotopic (exact) mass is 309 g/mol. The van der Waals surface area contributed by atoms with Gasteiger partial charge in [-0.2, -0.15) is 0 Å². The molecule has 0 saturated heterocycles. The van der Waals surface area contributed by atoms with Crippen LogP contribution in [0.25, 0.3) is 0 Å². The summed E-state index contributed by atoms with van der Waals surface area (Å²) in [6.07, 6.45) is 8.11. The highest BCUT2D eigenvalue weighted by Gasteiger charge is 2.24. The maximum atomic E-state index is 6.12. The Kier molecular flexibility index (Phi) is 6.85. The first-order valence-corrected chi connectivity index (χ1v) is 8.72. The molecular formula is C18H28ClNO. The summed E-state index contributed by atoms with van der Waals surface area (Å²) in [5.74, 6) is 1.73. The number of hydrogen-bond acceptors (Lipinski definition) is 2. The fourth-order valence-corrected chi connectivity index (χ4v) is 3.39. The molecule has 1 aromatic carbocycles. The van der Waals surface area contributed by atoms with E-state index in [9.17, 15) is 0 Å². The second kappa shape index (κ2) is 8.65. The quantitative estimate of drug-likeness (QED) is 0.725. The molecule has 1 aromatic rings. The molecule has 0 aliphatic heterocycles. The molecular weight excluding hydrogens is 282 g/mol. The third-order valence-corrected chi connectivity index (χ3v) is 4.64. The Hall–Kier alpha value is -0.730. The van der Waals surface area contributed by atoms with Crippen molar-refractivity contribution in [3.63, 3.8) is 0 Å². The van der Waals surface area contributed by atoms with Gasteiger partial charge in [-0.05, 0) is 50.4 Å². The van der Waals surface area contributed by atoms with E-state index < -0.39 is 0 Å². The van der Waals surface area contributed by atoms with E-state index in [1.54, 1.807) is 0 Å². The Morgan fingerprint density at radius 3 is 2.76 bits per heavy atom. The van der Waals surface area contributed by atoms with Gasteiger partial charge in [-0.25, -0.2) is 0 Å². The summed E-state index contributed by atoms with van der Waals surface area (Å²) < 4.78 is 6.12. The number of hydrogen-bond donors (Lipinski definition) is 1. The van der Waals surface area contributed by atoms with Gasteiger partial charge in [0, 0.05) is 11.1 Å². The highest BCUT2D eigenvalue weighted by atomic mass is 35.5. The Morgan fingerprint density at radius 1 is 1.33 bits per heavy atom. The Bertz CT molecular complexity index is 417. The third kappa shape index (κ3) is 5.52. The molecule has 1 N–H and O–H groups in total. The zero-order valence-electron chi connectivity index (χ0n) is 13.3. The standard InChI is InChI=1S/C18H28ClNO/c1-3-11-20-18(12-15-7-4-5-8-15)14(2)21-17-10-6-9-16(19)13-17/h6,9-10,13-15,18,20H,3-5,7-8,11-12H2,1-2H3. The molecule has 2 atom stereocenters. The van der Waals surface area contributed by atoms with Crippen molar-refractivity contribution in [1.29, 1.82) is 0 Å². The van der Waals surface area contributed by atoms with Gasteiger partial charge >= 0.3 is 0 Å². The lowest BCUT2D eigenvalue weighted by atomic mass is 9.95. The van der Waals surface area contributed by atoms with Crippen LogP contribution in [-0.4, -0.2) is 18.7 Å². The number of rotatable bonds is 8. The SMILES string of the molecule is CCCNC(CC1CCCC1)C(C)Oc1cccc(Cl)c1. The van der Waals surface area contributed by atoms with Gasteiger partial charge in [0.2, 0.25) is 0 Å². The molecule has 118 valence electrons. The molecule has 0 radical (unpaired) electrons. The molecule has 21 heavy (non-hydrogen) atoms. The van der Waals surface area contributed by atoms with Gasteiger partial charge in [0.15, 0.2) is 0 Å². The lowest BCUT2D eigenvalue weighted by Gasteiger charge is -2.28. The van der Waals surface area contributed by atoms with E-state index >= 15 is 0 Å². The van der Waals surface area contributed by atoms with Crippen molar-refractivity contribution in [3.8, 4) is 5.75 Å². The molecule has 0 amide bonds. The molecule has 1 fully saturated rings. The normalized spacial score (nSPS) is 18.6. The Morgan fingerprint density at radius 2 is 2.10 bits per heavy atom. The zero-order valence-corrected chi connectivity index (χ0v) is 14.0. The highest BCUT2D eigenvalue weighted by Crippen LogP contribution is 2.30. The van der Waals surface area contributed by atoms with E-state index in [2.05, 4.69) is 19.2 Å². The predicted octanol–water partition coefficient (Wildman–Crippen LogP) is 5.06. The molecule has 1 aliphatic carbocycles. The van der Waals surface area contributed by atoms with Crippen LogP contribution < -0.4 is 10.1 Å². The van der Waals surface area contributed by atoms with E-state index in [1.165, 1.54) is 32.1 Å². The maximum Gasteiger partial charge on any atom is 0.121 e. The van der Waals surface area contributed by atoms with Crippen LogP contribution >= 0.6 is 11.6 Å². The molecule has 1 saturated carbocycles. The van der Waals surface area contributed by atoms with Crippen LogP contribution in [0.1, 0.15) is 52.4 Å². The molecule has 0 spiro atoms. The average molecular weight is 310 g/mol. The molecule has 0 aromatic heterocycles. The van der Waals surface area contributed by atoms with E-state index in [-0.39, 0.29) is 6.10 Å². The van der Waals surface area contributed by atoms with Crippen LogP contribution in [0.3, 0.4) is 0 Å². The van der Waals surface area contributed by atoms with Crippen LogP contribution in [0, 0.1) is 5.92 Å². The van der Waals surface area contributed by atoms with Crippen molar-refractivity contribution in [3.05, 3.63) is 29.3 Å². The first-order chi connectivity index (χ1) is 10.2. The van der Waals surface area contributed by atoms with Gasteiger partial charge < -0.3 is 10.1 Å². The molecule has 2 unspecified atom stereocenters. The van der Waals surface area contributed by atoms with E-state index in [0.29, 0.717) is 6.04 Å². The first-order valence-electron chi connectivity index (χ1n) is 8.34. The molecule has 0 heterocycles. The summed E-state index contributed by atoms with van der Waals surface area (Å²) >= 11 is 6.03. The van der Waals surface area contributed by atoms with Crippen LogP contribution in [0.2, 0.25) is 5.02 Å². The Balaban J connectivity index is 1.93. The van der Waals surface area contributed by atoms with Gasteiger partial charge in [-0.3, -0.25) is 0 Å². The van der Waals surface area contributed by atoms with Crippen molar-refractivity contribution in [1.82, 2.24) is 5.32 Å². The van der Waals surface area contributed by atoms with Crippen molar-refractivity contribution in [2.24, 2.45) is 5.92 Å². The highest BCUT2D eigenvalue weighted by molar-refractivity contribution is 6.30. The van der Waals surface area contributed by atoms with Crippen molar-refractivity contribution in [2.45, 2.75) is 64.5 Å². The van der Waals surface area contributed by atoms with Gasteiger partial charge in [-0.15, -0.1) is 0 Å². The predicted molar refractivity (Wildman–Crippen MR) is 90.2 cm³/mol. The van der Waals surface area contributed by atoms with Gasteiger partial charge in [-0.1, -0.05) is 50.3 Å². The maximum absolute atomic E-state index is 6.12. The molecule has 3 heteroatoms. The van der Waals surface area contributed by atoms with Gasteiger partial charge in [0.05, 0.1) is 0 Å². The van der Waals surface area contributed by atoms with Gasteiger partial charge in [0.25, 0.3) is 0 Å². The summed E-state index contributed by atoms with van der Waals surface area (Å²) in [4.78, 5) is 0.